The summed E-state index contributed by atoms with van der Waals surface area (Å²) in [5.74, 6) is -0.228. The lowest BCUT2D eigenvalue weighted by atomic mass is 10.1. The highest BCUT2D eigenvalue weighted by Gasteiger charge is 2.15. The number of rotatable bonds is 2. The zero-order valence-electron chi connectivity index (χ0n) is 8.37. The zero-order valence-corrected chi connectivity index (χ0v) is 9.18. The third kappa shape index (κ3) is 2.20. The third-order valence-electron chi connectivity index (χ3n) is 1.91. The normalized spacial score (nSPS) is 11.4. The van der Waals surface area contributed by atoms with Crippen molar-refractivity contribution in [3.05, 3.63) is 29.3 Å². The predicted octanol–water partition coefficient (Wildman–Crippen LogP) is 1.60. The number of aryl methyl sites for hydroxylation is 1. The van der Waals surface area contributed by atoms with Crippen LogP contribution in [-0.4, -0.2) is 20.5 Å². The van der Waals surface area contributed by atoms with Gasteiger partial charge in [-0.15, -0.1) is 0 Å². The van der Waals surface area contributed by atoms with Crippen LogP contribution in [0.15, 0.2) is 23.1 Å². The van der Waals surface area contributed by atoms with Gasteiger partial charge in [-0.3, -0.25) is 4.79 Å². The van der Waals surface area contributed by atoms with E-state index in [2.05, 4.69) is 0 Å². The molecule has 0 aliphatic heterocycles. The highest BCUT2D eigenvalue weighted by molar-refractivity contribution is 7.90. The van der Waals surface area contributed by atoms with Crippen molar-refractivity contribution in [2.75, 3.05) is 6.26 Å². The van der Waals surface area contributed by atoms with Crippen LogP contribution in [0.5, 0.6) is 0 Å². The molecule has 0 aliphatic carbocycles. The molecule has 0 aromatic heterocycles. The molecular formula is C10H12O3S. The van der Waals surface area contributed by atoms with Crippen LogP contribution < -0.4 is 0 Å². The Bertz CT molecular complexity index is 472. The van der Waals surface area contributed by atoms with Crippen molar-refractivity contribution in [1.82, 2.24) is 0 Å². The van der Waals surface area contributed by atoms with Gasteiger partial charge in [-0.2, -0.15) is 0 Å². The van der Waals surface area contributed by atoms with Gasteiger partial charge in [-0.25, -0.2) is 8.42 Å². The van der Waals surface area contributed by atoms with Crippen molar-refractivity contribution in [3.63, 3.8) is 0 Å². The number of benzene rings is 1. The van der Waals surface area contributed by atoms with E-state index in [0.29, 0.717) is 0 Å². The molecule has 0 aliphatic rings. The maximum absolute atomic E-state index is 11.3. The van der Waals surface area contributed by atoms with Crippen LogP contribution in [0, 0.1) is 6.92 Å². The molecule has 0 saturated carbocycles. The van der Waals surface area contributed by atoms with Gasteiger partial charge in [-0.1, -0.05) is 11.6 Å². The first-order valence-electron chi connectivity index (χ1n) is 4.14. The fourth-order valence-corrected chi connectivity index (χ4v) is 2.16. The molecular weight excluding hydrogens is 200 g/mol. The number of Topliss-reactive ketones (excluding diaryl/α,β-unsaturated/α-hetero) is 1. The second-order valence-corrected chi connectivity index (χ2v) is 5.31. The van der Waals surface area contributed by atoms with Crippen LogP contribution >= 0.6 is 0 Å². The van der Waals surface area contributed by atoms with Crippen LogP contribution in [0.1, 0.15) is 22.8 Å². The standard InChI is InChI=1S/C10H12O3S/c1-7-4-5-10(14(3,12)13)9(6-7)8(2)11/h4-6H,1-3H3. The number of carbonyl (C=O) groups excluding carboxylic acids is 1. The first-order valence-corrected chi connectivity index (χ1v) is 6.03. The molecule has 0 N–H and O–H groups in total. The molecule has 1 aromatic rings. The van der Waals surface area contributed by atoms with Crippen molar-refractivity contribution in [2.24, 2.45) is 0 Å². The molecule has 0 radical (unpaired) electrons. The van der Waals surface area contributed by atoms with E-state index in [1.54, 1.807) is 12.1 Å². The average Bonchev–Trinajstić information content (AvgIpc) is 2.01. The average molecular weight is 212 g/mol. The molecule has 0 heterocycles. The molecule has 0 unspecified atom stereocenters. The Morgan fingerprint density at radius 3 is 2.29 bits per heavy atom. The van der Waals surface area contributed by atoms with Gasteiger partial charge in [-0.05, 0) is 26.0 Å². The van der Waals surface area contributed by atoms with Crippen molar-refractivity contribution in [2.45, 2.75) is 18.7 Å². The molecule has 0 amide bonds. The van der Waals surface area contributed by atoms with E-state index in [0.717, 1.165) is 11.8 Å². The van der Waals surface area contributed by atoms with Crippen molar-refractivity contribution < 1.29 is 13.2 Å². The lowest BCUT2D eigenvalue weighted by Crippen LogP contribution is -2.06. The Morgan fingerprint density at radius 1 is 1.29 bits per heavy atom. The Morgan fingerprint density at radius 2 is 1.86 bits per heavy atom. The first kappa shape index (κ1) is 10.9. The van der Waals surface area contributed by atoms with E-state index in [4.69, 9.17) is 0 Å². The topological polar surface area (TPSA) is 51.2 Å². The highest BCUT2D eigenvalue weighted by atomic mass is 32.2. The van der Waals surface area contributed by atoms with Gasteiger partial charge >= 0.3 is 0 Å². The van der Waals surface area contributed by atoms with Crippen LogP contribution in [0.4, 0.5) is 0 Å². The Kier molecular flexibility index (Phi) is 2.76. The maximum atomic E-state index is 11.3. The maximum Gasteiger partial charge on any atom is 0.176 e. The lowest BCUT2D eigenvalue weighted by molar-refractivity contribution is 0.101. The van der Waals surface area contributed by atoms with Crippen molar-refractivity contribution in [3.8, 4) is 0 Å². The lowest BCUT2D eigenvalue weighted by Gasteiger charge is -2.05. The molecule has 1 aromatic carbocycles. The number of ketones is 1. The number of hydrogen-bond donors (Lipinski definition) is 0. The van der Waals surface area contributed by atoms with E-state index in [-0.39, 0.29) is 16.2 Å². The predicted molar refractivity (Wildman–Crippen MR) is 54.3 cm³/mol. The Labute approximate surface area is 83.7 Å². The molecule has 14 heavy (non-hydrogen) atoms. The third-order valence-corrected chi connectivity index (χ3v) is 3.07. The molecule has 1 rings (SSSR count). The first-order chi connectivity index (χ1) is 6.32. The summed E-state index contributed by atoms with van der Waals surface area (Å²) >= 11 is 0. The van der Waals surface area contributed by atoms with Crippen LogP contribution in [0.2, 0.25) is 0 Å². The van der Waals surface area contributed by atoms with Gasteiger partial charge in [0.15, 0.2) is 15.6 Å². The quantitative estimate of drug-likeness (QED) is 0.700. The minimum Gasteiger partial charge on any atom is -0.294 e. The van der Waals surface area contributed by atoms with Gasteiger partial charge in [0, 0.05) is 11.8 Å². The van der Waals surface area contributed by atoms with Crippen LogP contribution in [0.25, 0.3) is 0 Å². The summed E-state index contributed by atoms with van der Waals surface area (Å²) in [5.41, 5.74) is 1.15. The summed E-state index contributed by atoms with van der Waals surface area (Å²) in [4.78, 5) is 11.3. The summed E-state index contributed by atoms with van der Waals surface area (Å²) in [6.07, 6.45) is 1.10. The van der Waals surface area contributed by atoms with Crippen LogP contribution in [-0.2, 0) is 9.84 Å². The fraction of sp³-hybridized carbons (Fsp3) is 0.300. The zero-order chi connectivity index (χ0) is 10.9. The summed E-state index contributed by atoms with van der Waals surface area (Å²) in [7, 11) is -3.32. The molecule has 0 spiro atoms. The molecule has 0 atom stereocenters. The van der Waals surface area contributed by atoms with Crippen LogP contribution in [0.3, 0.4) is 0 Å². The van der Waals surface area contributed by atoms with E-state index in [1.165, 1.54) is 13.0 Å². The number of carbonyl (C=O) groups is 1. The van der Waals surface area contributed by atoms with Gasteiger partial charge in [0.1, 0.15) is 0 Å². The fourth-order valence-electron chi connectivity index (χ4n) is 1.24. The SMILES string of the molecule is CC(=O)c1cc(C)ccc1S(C)(=O)=O. The summed E-state index contributed by atoms with van der Waals surface area (Å²) in [6.45, 7) is 3.18. The molecule has 4 heteroatoms. The monoisotopic (exact) mass is 212 g/mol. The van der Waals surface area contributed by atoms with Gasteiger partial charge < -0.3 is 0 Å². The summed E-state index contributed by atoms with van der Waals surface area (Å²) in [5, 5.41) is 0. The van der Waals surface area contributed by atoms with E-state index in [1.807, 2.05) is 6.92 Å². The van der Waals surface area contributed by atoms with E-state index >= 15 is 0 Å². The second kappa shape index (κ2) is 3.53. The second-order valence-electron chi connectivity index (χ2n) is 3.33. The highest BCUT2D eigenvalue weighted by Crippen LogP contribution is 2.17. The summed E-state index contributed by atoms with van der Waals surface area (Å²) < 4.78 is 22.6. The summed E-state index contributed by atoms with van der Waals surface area (Å²) in [6, 6.07) is 4.75. The van der Waals surface area contributed by atoms with E-state index in [9.17, 15) is 13.2 Å². The number of hydrogen-bond acceptors (Lipinski definition) is 3. The van der Waals surface area contributed by atoms with Gasteiger partial charge in [0.25, 0.3) is 0 Å². The number of sulfone groups is 1. The van der Waals surface area contributed by atoms with Crippen molar-refractivity contribution in [1.29, 1.82) is 0 Å². The molecule has 0 fully saturated rings. The van der Waals surface area contributed by atoms with Crippen molar-refractivity contribution >= 4 is 15.6 Å². The smallest absolute Gasteiger partial charge is 0.176 e. The molecule has 0 saturated heterocycles. The minimum atomic E-state index is -3.32. The van der Waals surface area contributed by atoms with E-state index < -0.39 is 9.84 Å². The van der Waals surface area contributed by atoms with Gasteiger partial charge in [0.2, 0.25) is 0 Å². The Hall–Kier alpha value is -1.16. The Balaban J connectivity index is 3.53. The minimum absolute atomic E-state index is 0.107. The molecule has 3 nitrogen and oxygen atoms in total. The molecule has 0 bridgehead atoms. The van der Waals surface area contributed by atoms with Gasteiger partial charge in [0.05, 0.1) is 4.90 Å². The molecule has 76 valence electrons. The largest absolute Gasteiger partial charge is 0.294 e.